The number of amides is 1. The maximum absolute atomic E-state index is 11.5. The van der Waals surface area contributed by atoms with Crippen molar-refractivity contribution in [2.45, 2.75) is 38.0 Å². The second-order valence-corrected chi connectivity index (χ2v) is 6.97. The van der Waals surface area contributed by atoms with E-state index in [0.717, 1.165) is 63.1 Å². The molecule has 1 aromatic heterocycles. The lowest BCUT2D eigenvalue weighted by Gasteiger charge is -2.37. The van der Waals surface area contributed by atoms with Crippen LogP contribution in [0.3, 0.4) is 0 Å². The molecule has 0 radical (unpaired) electrons. The van der Waals surface area contributed by atoms with Crippen LogP contribution in [-0.2, 0) is 17.7 Å². The number of aromatic nitrogens is 1. The van der Waals surface area contributed by atoms with Gasteiger partial charge in [0.05, 0.1) is 24.0 Å². The molecule has 1 saturated carbocycles. The summed E-state index contributed by atoms with van der Waals surface area (Å²) in [7, 11) is 0. The van der Waals surface area contributed by atoms with Crippen LogP contribution in [0.4, 0.5) is 0 Å². The maximum Gasteiger partial charge on any atom is 0.276 e. The lowest BCUT2D eigenvalue weighted by atomic mass is 10.0. The summed E-state index contributed by atoms with van der Waals surface area (Å²) >= 11 is 0. The summed E-state index contributed by atoms with van der Waals surface area (Å²) < 4.78 is 5.96. The second kappa shape index (κ2) is 6.76. The Labute approximate surface area is 141 Å². The van der Waals surface area contributed by atoms with E-state index in [9.17, 15) is 4.79 Å². The molecule has 1 aromatic rings. The largest absolute Gasteiger partial charge is 0.374 e. The van der Waals surface area contributed by atoms with Crippen LogP contribution in [-0.4, -0.2) is 70.8 Å². The van der Waals surface area contributed by atoms with E-state index in [1.807, 2.05) is 6.07 Å². The zero-order valence-corrected chi connectivity index (χ0v) is 13.8. The summed E-state index contributed by atoms with van der Waals surface area (Å²) in [5.74, 6) is -0.511. The Morgan fingerprint density at radius 3 is 3.08 bits per heavy atom. The minimum atomic E-state index is -0.511. The average molecular weight is 332 g/mol. The molecule has 1 unspecified atom stereocenters. The molecule has 3 aliphatic rings. The third-order valence-electron chi connectivity index (χ3n) is 5.19. The fourth-order valence-electron chi connectivity index (χ4n) is 3.72. The van der Waals surface area contributed by atoms with Crippen LogP contribution in [0.2, 0.25) is 0 Å². The number of hydrogen-bond acceptors (Lipinski definition) is 6. The van der Waals surface area contributed by atoms with Crippen LogP contribution in [0.5, 0.6) is 0 Å². The first-order valence-corrected chi connectivity index (χ1v) is 8.73. The molecule has 7 heteroatoms. The molecule has 4 rings (SSSR count). The van der Waals surface area contributed by atoms with Gasteiger partial charge in [0, 0.05) is 45.0 Å². The van der Waals surface area contributed by atoms with Gasteiger partial charge >= 0.3 is 0 Å². The standard InChI is InChI=1S/C17H24N4O3/c22-17(19-23)13-7-12-3-4-20(11-16(12)18-8-13)9-15-10-21(5-6-24-15)14-1-2-14/h7-8,14-15,23H,1-6,9-11H2,(H,19,22). The third kappa shape index (κ3) is 3.44. The van der Waals surface area contributed by atoms with Gasteiger partial charge in [-0.15, -0.1) is 0 Å². The number of hydrogen-bond donors (Lipinski definition) is 2. The van der Waals surface area contributed by atoms with Crippen molar-refractivity contribution < 1.29 is 14.7 Å². The van der Waals surface area contributed by atoms with Gasteiger partial charge in [-0.2, -0.15) is 0 Å². The number of ether oxygens (including phenoxy) is 1. The Bertz CT molecular complexity index is 620. The summed E-state index contributed by atoms with van der Waals surface area (Å²) in [6, 6.07) is 2.63. The Kier molecular flexibility index (Phi) is 4.49. The Morgan fingerprint density at radius 2 is 2.29 bits per heavy atom. The summed E-state index contributed by atoms with van der Waals surface area (Å²) in [4.78, 5) is 20.9. The molecule has 130 valence electrons. The van der Waals surface area contributed by atoms with Gasteiger partial charge in [-0.1, -0.05) is 0 Å². The topological polar surface area (TPSA) is 77.9 Å². The SMILES string of the molecule is O=C(NO)c1cnc2c(c1)CCN(CC1CN(C3CC3)CCO1)C2. The molecule has 1 atom stereocenters. The van der Waals surface area contributed by atoms with Crippen LogP contribution in [0.15, 0.2) is 12.3 Å². The van der Waals surface area contributed by atoms with Gasteiger partial charge in [0.2, 0.25) is 0 Å². The number of carbonyl (C=O) groups excluding carboxylic acids is 1. The van der Waals surface area contributed by atoms with Gasteiger partial charge in [0.15, 0.2) is 0 Å². The number of fused-ring (bicyclic) bond motifs is 1. The van der Waals surface area contributed by atoms with Gasteiger partial charge in [0.1, 0.15) is 0 Å². The zero-order valence-electron chi connectivity index (χ0n) is 13.8. The predicted octanol–water partition coefficient (Wildman–Crippen LogP) is 0.422. The minimum absolute atomic E-state index is 0.278. The molecule has 1 aliphatic carbocycles. The van der Waals surface area contributed by atoms with Crippen molar-refractivity contribution in [2.75, 3.05) is 32.8 Å². The van der Waals surface area contributed by atoms with Crippen LogP contribution in [0.1, 0.15) is 34.5 Å². The summed E-state index contributed by atoms with van der Waals surface area (Å²) in [6.45, 7) is 5.62. The highest BCUT2D eigenvalue weighted by Crippen LogP contribution is 2.28. The number of nitrogens with zero attached hydrogens (tertiary/aromatic N) is 3. The molecule has 3 heterocycles. The van der Waals surface area contributed by atoms with Crippen molar-refractivity contribution in [3.8, 4) is 0 Å². The van der Waals surface area contributed by atoms with Crippen molar-refractivity contribution in [3.05, 3.63) is 29.1 Å². The Balaban J connectivity index is 1.36. The summed E-state index contributed by atoms with van der Waals surface area (Å²) in [5, 5.41) is 8.73. The van der Waals surface area contributed by atoms with Crippen molar-refractivity contribution in [3.63, 3.8) is 0 Å². The molecule has 0 spiro atoms. The monoisotopic (exact) mass is 332 g/mol. The van der Waals surface area contributed by atoms with Gasteiger partial charge in [0.25, 0.3) is 5.91 Å². The fraction of sp³-hybridized carbons (Fsp3) is 0.647. The quantitative estimate of drug-likeness (QED) is 0.615. The number of carbonyl (C=O) groups is 1. The van der Waals surface area contributed by atoms with E-state index < -0.39 is 5.91 Å². The molecule has 2 fully saturated rings. The highest BCUT2D eigenvalue weighted by molar-refractivity contribution is 5.93. The van der Waals surface area contributed by atoms with Gasteiger partial charge < -0.3 is 4.74 Å². The average Bonchev–Trinajstić information content (AvgIpc) is 3.46. The Hall–Kier alpha value is -1.54. The van der Waals surface area contributed by atoms with E-state index in [-0.39, 0.29) is 6.10 Å². The number of morpholine rings is 1. The highest BCUT2D eigenvalue weighted by atomic mass is 16.5. The van der Waals surface area contributed by atoms with Gasteiger partial charge in [-0.25, -0.2) is 5.48 Å². The molecular weight excluding hydrogens is 308 g/mol. The molecule has 2 aliphatic heterocycles. The minimum Gasteiger partial charge on any atom is -0.374 e. The van der Waals surface area contributed by atoms with Crippen LogP contribution < -0.4 is 5.48 Å². The molecule has 7 nitrogen and oxygen atoms in total. The molecule has 1 saturated heterocycles. The summed E-state index contributed by atoms with van der Waals surface area (Å²) in [6.07, 6.45) is 5.36. The van der Waals surface area contributed by atoms with Gasteiger partial charge in [-0.05, 0) is 30.9 Å². The van der Waals surface area contributed by atoms with E-state index in [1.165, 1.54) is 19.0 Å². The number of nitrogens with one attached hydrogen (secondary N) is 1. The second-order valence-electron chi connectivity index (χ2n) is 6.97. The smallest absolute Gasteiger partial charge is 0.276 e. The first-order valence-electron chi connectivity index (χ1n) is 8.73. The van der Waals surface area contributed by atoms with Crippen molar-refractivity contribution >= 4 is 5.91 Å². The third-order valence-corrected chi connectivity index (χ3v) is 5.19. The first kappa shape index (κ1) is 16.0. The maximum atomic E-state index is 11.5. The molecular formula is C17H24N4O3. The Morgan fingerprint density at radius 1 is 1.42 bits per heavy atom. The van der Waals surface area contributed by atoms with Crippen molar-refractivity contribution in [2.24, 2.45) is 0 Å². The van der Waals surface area contributed by atoms with Crippen LogP contribution in [0, 0.1) is 0 Å². The van der Waals surface area contributed by atoms with E-state index in [0.29, 0.717) is 5.56 Å². The first-order chi connectivity index (χ1) is 11.7. The van der Waals surface area contributed by atoms with Gasteiger partial charge in [-0.3, -0.25) is 24.8 Å². The van der Waals surface area contributed by atoms with Crippen LogP contribution >= 0.6 is 0 Å². The molecule has 2 N–H and O–H groups in total. The molecule has 1 amide bonds. The number of hydroxylamine groups is 1. The molecule has 0 bridgehead atoms. The van der Waals surface area contributed by atoms with Crippen molar-refractivity contribution in [1.29, 1.82) is 0 Å². The van der Waals surface area contributed by atoms with E-state index in [2.05, 4.69) is 14.8 Å². The normalized spacial score (nSPS) is 25.3. The van der Waals surface area contributed by atoms with E-state index >= 15 is 0 Å². The molecule has 0 aromatic carbocycles. The predicted molar refractivity (Wildman–Crippen MR) is 86.8 cm³/mol. The van der Waals surface area contributed by atoms with E-state index in [4.69, 9.17) is 9.94 Å². The molecule has 24 heavy (non-hydrogen) atoms. The fourth-order valence-corrected chi connectivity index (χ4v) is 3.72. The summed E-state index contributed by atoms with van der Waals surface area (Å²) in [5.41, 5.74) is 4.17. The lowest BCUT2D eigenvalue weighted by Crippen LogP contribution is -2.49. The lowest BCUT2D eigenvalue weighted by molar-refractivity contribution is -0.0476. The van der Waals surface area contributed by atoms with Crippen molar-refractivity contribution in [1.82, 2.24) is 20.3 Å². The van der Waals surface area contributed by atoms with Crippen LogP contribution in [0.25, 0.3) is 0 Å². The number of pyridine rings is 1. The number of rotatable bonds is 4. The highest BCUT2D eigenvalue weighted by Gasteiger charge is 2.33. The zero-order chi connectivity index (χ0) is 16.5. The van der Waals surface area contributed by atoms with E-state index in [1.54, 1.807) is 5.48 Å².